The number of aromatic nitrogens is 1. The van der Waals surface area contributed by atoms with Gasteiger partial charge in [0.25, 0.3) is 5.91 Å². The number of carbonyl (C=O) groups excluding carboxylic acids is 1. The number of nitrogens with one attached hydrogen (secondary N) is 1. The standard InChI is InChI=1S/C21H20N2O3/c1-2-25-18-9-11-20(12-10-18)26-19-7-5-16(6-8-19)14-23-21(24)17-4-3-13-22-15-17/h3-13,15H,2,14H2,1H3,(H,23,24). The predicted molar refractivity (Wildman–Crippen MR) is 99.5 cm³/mol. The van der Waals surface area contributed by atoms with Gasteiger partial charge >= 0.3 is 0 Å². The summed E-state index contributed by atoms with van der Waals surface area (Å²) in [5.74, 6) is 2.15. The summed E-state index contributed by atoms with van der Waals surface area (Å²) in [5, 5.41) is 2.87. The van der Waals surface area contributed by atoms with Crippen molar-refractivity contribution in [3.8, 4) is 17.2 Å². The Morgan fingerprint density at radius 1 is 0.962 bits per heavy atom. The molecule has 1 N–H and O–H groups in total. The molecule has 0 saturated heterocycles. The summed E-state index contributed by atoms with van der Waals surface area (Å²) in [4.78, 5) is 16.0. The molecule has 3 rings (SSSR count). The molecule has 0 fully saturated rings. The van der Waals surface area contributed by atoms with Gasteiger partial charge in [-0.3, -0.25) is 9.78 Å². The van der Waals surface area contributed by atoms with E-state index in [1.165, 1.54) is 0 Å². The second-order valence-electron chi connectivity index (χ2n) is 5.57. The summed E-state index contributed by atoms with van der Waals surface area (Å²) in [6, 6.07) is 18.6. The molecule has 0 aliphatic heterocycles. The number of carbonyl (C=O) groups is 1. The summed E-state index contributed by atoms with van der Waals surface area (Å²) in [6.07, 6.45) is 3.18. The minimum absolute atomic E-state index is 0.146. The lowest BCUT2D eigenvalue weighted by Gasteiger charge is -2.09. The maximum Gasteiger partial charge on any atom is 0.253 e. The minimum Gasteiger partial charge on any atom is -0.494 e. The maximum absolute atomic E-state index is 12.0. The largest absolute Gasteiger partial charge is 0.494 e. The van der Waals surface area contributed by atoms with E-state index < -0.39 is 0 Å². The lowest BCUT2D eigenvalue weighted by Crippen LogP contribution is -2.22. The van der Waals surface area contributed by atoms with E-state index in [0.29, 0.717) is 18.7 Å². The third-order valence-corrected chi connectivity index (χ3v) is 3.67. The van der Waals surface area contributed by atoms with Crippen LogP contribution in [-0.2, 0) is 6.54 Å². The van der Waals surface area contributed by atoms with E-state index in [0.717, 1.165) is 22.8 Å². The van der Waals surface area contributed by atoms with Gasteiger partial charge in [0.05, 0.1) is 12.2 Å². The zero-order valence-corrected chi connectivity index (χ0v) is 14.5. The van der Waals surface area contributed by atoms with Crippen molar-refractivity contribution in [3.05, 3.63) is 84.2 Å². The van der Waals surface area contributed by atoms with Crippen molar-refractivity contribution < 1.29 is 14.3 Å². The van der Waals surface area contributed by atoms with Gasteiger partial charge in [0.15, 0.2) is 0 Å². The molecule has 2 aromatic carbocycles. The summed E-state index contributed by atoms with van der Waals surface area (Å²) in [5.41, 5.74) is 1.53. The Labute approximate surface area is 152 Å². The first-order valence-electron chi connectivity index (χ1n) is 8.42. The van der Waals surface area contributed by atoms with Gasteiger partial charge in [-0.2, -0.15) is 0 Å². The lowest BCUT2D eigenvalue weighted by molar-refractivity contribution is 0.0950. The van der Waals surface area contributed by atoms with Crippen molar-refractivity contribution in [1.82, 2.24) is 10.3 Å². The van der Waals surface area contributed by atoms with Crippen LogP contribution in [-0.4, -0.2) is 17.5 Å². The number of ether oxygens (including phenoxy) is 2. The van der Waals surface area contributed by atoms with Crippen molar-refractivity contribution in [1.29, 1.82) is 0 Å². The second-order valence-corrected chi connectivity index (χ2v) is 5.57. The summed E-state index contributed by atoms with van der Waals surface area (Å²) in [7, 11) is 0. The van der Waals surface area contributed by atoms with Crippen molar-refractivity contribution in [2.24, 2.45) is 0 Å². The molecule has 1 heterocycles. The average Bonchev–Trinajstić information content (AvgIpc) is 2.69. The Morgan fingerprint density at radius 2 is 1.62 bits per heavy atom. The Morgan fingerprint density at radius 3 is 2.23 bits per heavy atom. The molecule has 26 heavy (non-hydrogen) atoms. The van der Waals surface area contributed by atoms with E-state index in [1.807, 2.05) is 55.5 Å². The van der Waals surface area contributed by atoms with Gasteiger partial charge in [0.2, 0.25) is 0 Å². The molecule has 132 valence electrons. The lowest BCUT2D eigenvalue weighted by atomic mass is 10.2. The van der Waals surface area contributed by atoms with Gasteiger partial charge < -0.3 is 14.8 Å². The molecule has 0 bridgehead atoms. The molecular formula is C21H20N2O3. The fourth-order valence-electron chi connectivity index (χ4n) is 2.36. The Bertz CT molecular complexity index is 831. The molecule has 5 heteroatoms. The molecule has 0 atom stereocenters. The maximum atomic E-state index is 12.0. The number of nitrogens with zero attached hydrogens (tertiary/aromatic N) is 1. The first-order valence-corrected chi connectivity index (χ1v) is 8.42. The van der Waals surface area contributed by atoms with E-state index in [1.54, 1.807) is 24.5 Å². The van der Waals surface area contributed by atoms with Crippen LogP contribution >= 0.6 is 0 Å². The van der Waals surface area contributed by atoms with Gasteiger partial charge in [-0.25, -0.2) is 0 Å². The third-order valence-electron chi connectivity index (χ3n) is 3.67. The van der Waals surface area contributed by atoms with Crippen LogP contribution in [0.5, 0.6) is 17.2 Å². The van der Waals surface area contributed by atoms with Crippen LogP contribution in [0.2, 0.25) is 0 Å². The van der Waals surface area contributed by atoms with Gasteiger partial charge in [0, 0.05) is 18.9 Å². The molecule has 1 aromatic heterocycles. The number of hydrogen-bond donors (Lipinski definition) is 1. The van der Waals surface area contributed by atoms with E-state index in [-0.39, 0.29) is 5.91 Å². The molecule has 0 aliphatic rings. The number of benzene rings is 2. The third kappa shape index (κ3) is 4.83. The molecule has 3 aromatic rings. The van der Waals surface area contributed by atoms with E-state index in [4.69, 9.17) is 9.47 Å². The van der Waals surface area contributed by atoms with Crippen LogP contribution < -0.4 is 14.8 Å². The van der Waals surface area contributed by atoms with Crippen LogP contribution in [0, 0.1) is 0 Å². The van der Waals surface area contributed by atoms with Crippen molar-refractivity contribution in [2.45, 2.75) is 13.5 Å². The molecule has 0 aliphatic carbocycles. The number of hydrogen-bond acceptors (Lipinski definition) is 4. The van der Waals surface area contributed by atoms with Gasteiger partial charge in [0.1, 0.15) is 17.2 Å². The van der Waals surface area contributed by atoms with Crippen LogP contribution in [0.15, 0.2) is 73.1 Å². The summed E-state index contributed by atoms with van der Waals surface area (Å²) < 4.78 is 11.2. The van der Waals surface area contributed by atoms with E-state index in [2.05, 4.69) is 10.3 Å². The predicted octanol–water partition coefficient (Wildman–Crippen LogP) is 4.20. The SMILES string of the molecule is CCOc1ccc(Oc2ccc(CNC(=O)c3cccnc3)cc2)cc1. The van der Waals surface area contributed by atoms with E-state index >= 15 is 0 Å². The first kappa shape index (κ1) is 17.5. The first-order chi connectivity index (χ1) is 12.7. The highest BCUT2D eigenvalue weighted by Gasteiger charge is 2.05. The monoisotopic (exact) mass is 348 g/mol. The fraction of sp³-hybridized carbons (Fsp3) is 0.143. The smallest absolute Gasteiger partial charge is 0.253 e. The van der Waals surface area contributed by atoms with Crippen molar-refractivity contribution in [3.63, 3.8) is 0 Å². The topological polar surface area (TPSA) is 60.5 Å². The zero-order chi connectivity index (χ0) is 18.2. The molecular weight excluding hydrogens is 328 g/mol. The Kier molecular flexibility index (Phi) is 5.83. The molecule has 5 nitrogen and oxygen atoms in total. The highest BCUT2D eigenvalue weighted by Crippen LogP contribution is 2.24. The second kappa shape index (κ2) is 8.67. The quantitative estimate of drug-likeness (QED) is 0.695. The van der Waals surface area contributed by atoms with Crippen LogP contribution in [0.1, 0.15) is 22.8 Å². The number of amides is 1. The molecule has 0 radical (unpaired) electrons. The summed E-state index contributed by atoms with van der Waals surface area (Å²) in [6.45, 7) is 3.03. The number of rotatable bonds is 7. The molecule has 0 saturated carbocycles. The van der Waals surface area contributed by atoms with Crippen molar-refractivity contribution in [2.75, 3.05) is 6.61 Å². The van der Waals surface area contributed by atoms with Gasteiger partial charge in [-0.05, 0) is 61.0 Å². The van der Waals surface area contributed by atoms with Crippen molar-refractivity contribution >= 4 is 5.91 Å². The fourth-order valence-corrected chi connectivity index (χ4v) is 2.36. The highest BCUT2D eigenvalue weighted by molar-refractivity contribution is 5.93. The van der Waals surface area contributed by atoms with Gasteiger partial charge in [-0.15, -0.1) is 0 Å². The van der Waals surface area contributed by atoms with Gasteiger partial charge in [-0.1, -0.05) is 12.1 Å². The minimum atomic E-state index is -0.146. The molecule has 1 amide bonds. The Balaban J connectivity index is 1.54. The zero-order valence-electron chi connectivity index (χ0n) is 14.5. The Hall–Kier alpha value is -3.34. The van der Waals surface area contributed by atoms with E-state index in [9.17, 15) is 4.79 Å². The number of pyridine rings is 1. The highest BCUT2D eigenvalue weighted by atomic mass is 16.5. The molecule has 0 unspecified atom stereocenters. The molecule has 0 spiro atoms. The van der Waals surface area contributed by atoms with Crippen LogP contribution in [0.3, 0.4) is 0 Å². The van der Waals surface area contributed by atoms with Crippen LogP contribution in [0.25, 0.3) is 0 Å². The normalized spacial score (nSPS) is 10.2. The average molecular weight is 348 g/mol. The van der Waals surface area contributed by atoms with Crippen LogP contribution in [0.4, 0.5) is 0 Å². The summed E-state index contributed by atoms with van der Waals surface area (Å²) >= 11 is 0.